The molecule has 23 heavy (non-hydrogen) atoms. The molecule has 1 aliphatic rings. The number of hydrogen-bond acceptors (Lipinski definition) is 6. The summed E-state index contributed by atoms with van der Waals surface area (Å²) < 4.78 is 13.2. The number of likely N-dealkylation sites (N-methyl/N-ethyl adjacent to an activating group) is 1. The molecule has 0 amide bonds. The maximum Gasteiger partial charge on any atom is 0.249 e. The van der Waals surface area contributed by atoms with Crippen LogP contribution in [0.3, 0.4) is 0 Å². The summed E-state index contributed by atoms with van der Waals surface area (Å²) in [5.41, 5.74) is 0.617. The van der Waals surface area contributed by atoms with Crippen molar-refractivity contribution < 1.29 is 4.39 Å². The molecular weight excluding hydrogens is 319 g/mol. The van der Waals surface area contributed by atoms with E-state index in [-0.39, 0.29) is 5.02 Å². The molecule has 8 heteroatoms. The van der Waals surface area contributed by atoms with Gasteiger partial charge in [-0.25, -0.2) is 4.39 Å². The summed E-state index contributed by atoms with van der Waals surface area (Å²) in [5, 5.41) is 11.0. The van der Waals surface area contributed by atoms with Gasteiger partial charge in [0.05, 0.1) is 11.2 Å². The number of benzene rings is 1. The van der Waals surface area contributed by atoms with E-state index in [1.54, 1.807) is 12.3 Å². The van der Waals surface area contributed by atoms with Crippen LogP contribution in [0, 0.1) is 5.82 Å². The average molecular weight is 337 g/mol. The second kappa shape index (κ2) is 7.06. The highest BCUT2D eigenvalue weighted by Gasteiger charge is 2.17. The highest BCUT2D eigenvalue weighted by Crippen LogP contribution is 2.22. The number of anilines is 3. The van der Waals surface area contributed by atoms with E-state index in [1.807, 2.05) is 0 Å². The van der Waals surface area contributed by atoms with E-state index in [0.717, 1.165) is 38.5 Å². The average Bonchev–Trinajstić information content (AvgIpc) is 2.58. The molecule has 2 heterocycles. The van der Waals surface area contributed by atoms with Crippen molar-refractivity contribution in [3.05, 3.63) is 35.2 Å². The van der Waals surface area contributed by atoms with Crippen LogP contribution in [0.4, 0.5) is 21.8 Å². The Morgan fingerprint density at radius 1 is 1.26 bits per heavy atom. The summed E-state index contributed by atoms with van der Waals surface area (Å²) in [6, 6.07) is 4.37. The van der Waals surface area contributed by atoms with Gasteiger partial charge < -0.3 is 15.1 Å². The number of aromatic nitrogens is 3. The Hall–Kier alpha value is -1.99. The van der Waals surface area contributed by atoms with Gasteiger partial charge in [-0.15, -0.1) is 5.10 Å². The minimum Gasteiger partial charge on any atom is -0.353 e. The molecule has 0 bridgehead atoms. The zero-order chi connectivity index (χ0) is 16.2. The predicted octanol–water partition coefficient (Wildman–Crippen LogP) is 2.55. The normalized spacial score (nSPS) is 15.7. The summed E-state index contributed by atoms with van der Waals surface area (Å²) in [7, 11) is 0. The van der Waals surface area contributed by atoms with Gasteiger partial charge in [-0.2, -0.15) is 10.1 Å². The molecule has 1 fully saturated rings. The fourth-order valence-corrected chi connectivity index (χ4v) is 2.68. The smallest absolute Gasteiger partial charge is 0.249 e. The molecule has 0 radical (unpaired) electrons. The number of nitrogens with one attached hydrogen (secondary N) is 1. The maximum absolute atomic E-state index is 13.2. The maximum atomic E-state index is 13.2. The van der Waals surface area contributed by atoms with E-state index >= 15 is 0 Å². The molecule has 0 unspecified atom stereocenters. The van der Waals surface area contributed by atoms with Crippen molar-refractivity contribution in [2.75, 3.05) is 42.9 Å². The Balaban J connectivity index is 1.71. The molecule has 1 saturated heterocycles. The fraction of sp³-hybridized carbons (Fsp3) is 0.400. The summed E-state index contributed by atoms with van der Waals surface area (Å²) in [5.74, 6) is 0.688. The van der Waals surface area contributed by atoms with Gasteiger partial charge in [0.15, 0.2) is 5.82 Å². The van der Waals surface area contributed by atoms with Gasteiger partial charge in [0.1, 0.15) is 5.82 Å². The van der Waals surface area contributed by atoms with Gasteiger partial charge in [-0.05, 0) is 24.7 Å². The first kappa shape index (κ1) is 15.9. The third-order valence-corrected chi connectivity index (χ3v) is 4.16. The molecule has 3 rings (SSSR count). The molecular formula is C15H18ClFN6. The highest BCUT2D eigenvalue weighted by molar-refractivity contribution is 6.31. The third kappa shape index (κ3) is 3.86. The summed E-state index contributed by atoms with van der Waals surface area (Å²) in [6.45, 7) is 7.07. The van der Waals surface area contributed by atoms with Crippen molar-refractivity contribution in [3.63, 3.8) is 0 Å². The van der Waals surface area contributed by atoms with Gasteiger partial charge >= 0.3 is 0 Å². The van der Waals surface area contributed by atoms with Gasteiger partial charge in [-0.3, -0.25) is 0 Å². The molecule has 1 aromatic carbocycles. The molecule has 1 N–H and O–H groups in total. The number of hydrogen-bond donors (Lipinski definition) is 1. The molecule has 1 aliphatic heterocycles. The minimum atomic E-state index is -0.459. The lowest BCUT2D eigenvalue weighted by Crippen LogP contribution is -2.46. The fourth-order valence-electron chi connectivity index (χ4n) is 2.50. The van der Waals surface area contributed by atoms with Crippen molar-refractivity contribution in [1.82, 2.24) is 20.1 Å². The minimum absolute atomic E-state index is 0.0507. The van der Waals surface area contributed by atoms with E-state index in [9.17, 15) is 4.39 Å². The van der Waals surface area contributed by atoms with Crippen molar-refractivity contribution in [2.45, 2.75) is 6.92 Å². The highest BCUT2D eigenvalue weighted by atomic mass is 35.5. The number of piperazine rings is 1. The van der Waals surface area contributed by atoms with Crippen molar-refractivity contribution in [1.29, 1.82) is 0 Å². The first-order valence-electron chi connectivity index (χ1n) is 7.55. The largest absolute Gasteiger partial charge is 0.353 e. The van der Waals surface area contributed by atoms with Crippen LogP contribution in [0.15, 0.2) is 24.4 Å². The Kier molecular flexibility index (Phi) is 4.88. The lowest BCUT2D eigenvalue weighted by atomic mass is 10.3. The second-order valence-corrected chi connectivity index (χ2v) is 5.72. The molecule has 0 spiro atoms. The van der Waals surface area contributed by atoms with Crippen LogP contribution in [0.25, 0.3) is 0 Å². The molecule has 0 aliphatic carbocycles. The van der Waals surface area contributed by atoms with Crippen LogP contribution in [0.2, 0.25) is 5.02 Å². The second-order valence-electron chi connectivity index (χ2n) is 5.31. The Bertz CT molecular complexity index is 675. The van der Waals surface area contributed by atoms with Crippen LogP contribution in [-0.4, -0.2) is 52.8 Å². The zero-order valence-electron chi connectivity index (χ0n) is 12.8. The van der Waals surface area contributed by atoms with Gasteiger partial charge in [0.2, 0.25) is 5.95 Å². The van der Waals surface area contributed by atoms with E-state index in [0.29, 0.717) is 11.6 Å². The first-order chi connectivity index (χ1) is 11.2. The van der Waals surface area contributed by atoms with Crippen molar-refractivity contribution >= 4 is 29.1 Å². The van der Waals surface area contributed by atoms with Crippen LogP contribution in [-0.2, 0) is 0 Å². The SMILES string of the molecule is CCN1CCN(c2cnnc(Nc3ccc(F)c(Cl)c3)n2)CC1. The lowest BCUT2D eigenvalue weighted by molar-refractivity contribution is 0.270. The Morgan fingerprint density at radius 2 is 2.04 bits per heavy atom. The van der Waals surface area contributed by atoms with Crippen LogP contribution >= 0.6 is 11.6 Å². The monoisotopic (exact) mass is 336 g/mol. The zero-order valence-corrected chi connectivity index (χ0v) is 13.6. The summed E-state index contributed by atoms with van der Waals surface area (Å²) >= 11 is 5.78. The number of rotatable bonds is 4. The van der Waals surface area contributed by atoms with E-state index in [1.165, 1.54) is 12.1 Å². The van der Waals surface area contributed by atoms with E-state index in [4.69, 9.17) is 11.6 Å². The first-order valence-corrected chi connectivity index (χ1v) is 7.92. The van der Waals surface area contributed by atoms with Crippen molar-refractivity contribution in [2.24, 2.45) is 0 Å². The third-order valence-electron chi connectivity index (χ3n) is 3.87. The van der Waals surface area contributed by atoms with Gasteiger partial charge in [-0.1, -0.05) is 18.5 Å². The lowest BCUT2D eigenvalue weighted by Gasteiger charge is -2.34. The topological polar surface area (TPSA) is 57.2 Å². The Labute approximate surface area is 139 Å². The standard InChI is InChI=1S/C15H18ClFN6/c1-2-22-5-7-23(8-6-22)14-10-18-21-15(20-14)19-11-3-4-13(17)12(16)9-11/h3-4,9-10H,2,5-8H2,1H3,(H,19,20,21). The molecule has 0 atom stereocenters. The predicted molar refractivity (Wildman–Crippen MR) is 88.8 cm³/mol. The number of halogens is 2. The van der Waals surface area contributed by atoms with E-state index < -0.39 is 5.82 Å². The molecule has 122 valence electrons. The van der Waals surface area contributed by atoms with Crippen LogP contribution in [0.1, 0.15) is 6.92 Å². The summed E-state index contributed by atoms with van der Waals surface area (Å²) in [6.07, 6.45) is 1.66. The van der Waals surface area contributed by atoms with Crippen molar-refractivity contribution in [3.8, 4) is 0 Å². The molecule has 6 nitrogen and oxygen atoms in total. The Morgan fingerprint density at radius 3 is 2.74 bits per heavy atom. The van der Waals surface area contributed by atoms with Crippen LogP contribution < -0.4 is 10.2 Å². The summed E-state index contributed by atoms with van der Waals surface area (Å²) in [4.78, 5) is 9.06. The number of nitrogens with zero attached hydrogens (tertiary/aromatic N) is 5. The molecule has 2 aromatic rings. The van der Waals surface area contributed by atoms with E-state index in [2.05, 4.69) is 37.2 Å². The van der Waals surface area contributed by atoms with Gasteiger partial charge in [0.25, 0.3) is 0 Å². The van der Waals surface area contributed by atoms with Crippen LogP contribution in [0.5, 0.6) is 0 Å². The van der Waals surface area contributed by atoms with Gasteiger partial charge in [0, 0.05) is 31.9 Å². The quantitative estimate of drug-likeness (QED) is 0.926. The molecule has 1 aromatic heterocycles. The molecule has 0 saturated carbocycles.